The van der Waals surface area contributed by atoms with E-state index < -0.39 is 0 Å². The first-order valence-corrected chi connectivity index (χ1v) is 8.08. The first-order valence-electron chi connectivity index (χ1n) is 8.08. The summed E-state index contributed by atoms with van der Waals surface area (Å²) >= 11 is 0. The zero-order chi connectivity index (χ0) is 15.9. The molecule has 5 heteroatoms. The van der Waals surface area contributed by atoms with Crippen LogP contribution in [0.1, 0.15) is 52.9 Å². The van der Waals surface area contributed by atoms with Crippen molar-refractivity contribution in [3.05, 3.63) is 0 Å². The third-order valence-electron chi connectivity index (χ3n) is 4.62. The summed E-state index contributed by atoms with van der Waals surface area (Å²) in [6.07, 6.45) is 5.73. The lowest BCUT2D eigenvalue weighted by atomic mass is 9.84. The minimum absolute atomic E-state index is 0.250. The van der Waals surface area contributed by atoms with Crippen LogP contribution in [-0.4, -0.2) is 70.3 Å². The minimum Gasteiger partial charge on any atom is -0.483 e. The number of rotatable bonds is 2. The minimum atomic E-state index is -0.387. The normalized spacial score (nSPS) is 24.0. The summed E-state index contributed by atoms with van der Waals surface area (Å²) in [7, 11) is 0. The van der Waals surface area contributed by atoms with Crippen LogP contribution in [-0.2, 0) is 4.79 Å². The second kappa shape index (κ2) is 8.11. The molecule has 5 nitrogen and oxygen atoms in total. The summed E-state index contributed by atoms with van der Waals surface area (Å²) in [6, 6.07) is 0. The summed E-state index contributed by atoms with van der Waals surface area (Å²) in [5.74, 6) is 0. The van der Waals surface area contributed by atoms with E-state index in [0.29, 0.717) is 0 Å². The molecule has 1 aliphatic carbocycles. The zero-order valence-electron chi connectivity index (χ0n) is 13.8. The van der Waals surface area contributed by atoms with Crippen LogP contribution in [0, 0.1) is 0 Å². The molecule has 0 atom stereocenters. The fraction of sp³-hybridized carbons (Fsp3) is 0.938. The Bertz CT molecular complexity index is 301. The van der Waals surface area contributed by atoms with Crippen molar-refractivity contribution in [1.29, 1.82) is 0 Å². The maximum absolute atomic E-state index is 10.6. The lowest BCUT2D eigenvalue weighted by Gasteiger charge is -2.45. The van der Waals surface area contributed by atoms with E-state index in [0.717, 1.165) is 45.6 Å². The fourth-order valence-corrected chi connectivity index (χ4v) is 3.36. The summed E-state index contributed by atoms with van der Waals surface area (Å²) < 4.78 is 0. The molecule has 0 radical (unpaired) electrons. The SMILES string of the molecule is CC(C)(C)N1CCN(CC2(O)CCCCC2)CC1.O=CO. The summed E-state index contributed by atoms with van der Waals surface area (Å²) in [5, 5.41) is 17.5. The lowest BCUT2D eigenvalue weighted by Crippen LogP contribution is -2.56. The van der Waals surface area contributed by atoms with E-state index in [1.807, 2.05) is 0 Å². The topological polar surface area (TPSA) is 64.0 Å². The predicted octanol–water partition coefficient (Wildman–Crippen LogP) is 1.80. The molecule has 2 aliphatic rings. The molecule has 0 aromatic heterocycles. The van der Waals surface area contributed by atoms with Gasteiger partial charge in [0.25, 0.3) is 6.47 Å². The third-order valence-corrected chi connectivity index (χ3v) is 4.62. The molecule has 0 spiro atoms. The standard InChI is InChI=1S/C15H30N2O.CH2O2/c1-14(2,3)17-11-9-16(10-12-17)13-15(18)7-5-4-6-8-15;2-1-3/h18H,4-13H2,1-3H3;1H,(H,2,3). The van der Waals surface area contributed by atoms with E-state index in [-0.39, 0.29) is 17.6 Å². The molecular weight excluding hydrogens is 268 g/mol. The summed E-state index contributed by atoms with van der Waals surface area (Å²) in [4.78, 5) is 13.4. The van der Waals surface area contributed by atoms with Gasteiger partial charge in [0.2, 0.25) is 0 Å². The maximum Gasteiger partial charge on any atom is 0.290 e. The van der Waals surface area contributed by atoms with Crippen molar-refractivity contribution in [2.45, 2.75) is 64.0 Å². The van der Waals surface area contributed by atoms with Crippen LogP contribution >= 0.6 is 0 Å². The van der Waals surface area contributed by atoms with Crippen molar-refractivity contribution in [1.82, 2.24) is 9.80 Å². The van der Waals surface area contributed by atoms with E-state index in [4.69, 9.17) is 9.90 Å². The largest absolute Gasteiger partial charge is 0.483 e. The maximum atomic E-state index is 10.6. The van der Waals surface area contributed by atoms with E-state index in [1.165, 1.54) is 19.3 Å². The van der Waals surface area contributed by atoms with Gasteiger partial charge in [-0.1, -0.05) is 19.3 Å². The second-order valence-electron chi connectivity index (χ2n) is 7.32. The van der Waals surface area contributed by atoms with Gasteiger partial charge < -0.3 is 10.2 Å². The second-order valence-corrected chi connectivity index (χ2v) is 7.32. The van der Waals surface area contributed by atoms with Crippen molar-refractivity contribution in [3.63, 3.8) is 0 Å². The number of β-amino-alcohol motifs (C(OH)–C–C–N with tert-alkyl or cyclic N) is 1. The highest BCUT2D eigenvalue weighted by Crippen LogP contribution is 2.29. The molecule has 2 fully saturated rings. The highest BCUT2D eigenvalue weighted by atomic mass is 16.3. The van der Waals surface area contributed by atoms with Crippen molar-refractivity contribution >= 4 is 6.47 Å². The molecule has 0 amide bonds. The smallest absolute Gasteiger partial charge is 0.290 e. The average molecular weight is 300 g/mol. The molecule has 0 bridgehead atoms. The number of carbonyl (C=O) groups is 1. The number of carboxylic acid groups (broad SMARTS) is 1. The summed E-state index contributed by atoms with van der Waals surface area (Å²) in [5.41, 5.74) is -0.101. The molecule has 0 unspecified atom stereocenters. The van der Waals surface area contributed by atoms with Gasteiger partial charge in [-0.05, 0) is 33.6 Å². The molecule has 1 heterocycles. The monoisotopic (exact) mass is 300 g/mol. The molecule has 2 N–H and O–H groups in total. The molecule has 2 rings (SSSR count). The van der Waals surface area contributed by atoms with Gasteiger partial charge in [0.15, 0.2) is 0 Å². The van der Waals surface area contributed by atoms with Crippen molar-refractivity contribution in [2.75, 3.05) is 32.7 Å². The Labute approximate surface area is 128 Å². The first kappa shape index (κ1) is 18.4. The van der Waals surface area contributed by atoms with Gasteiger partial charge in [-0.15, -0.1) is 0 Å². The lowest BCUT2D eigenvalue weighted by molar-refractivity contribution is -0.122. The zero-order valence-corrected chi connectivity index (χ0v) is 13.8. The molecule has 1 saturated heterocycles. The van der Waals surface area contributed by atoms with Crippen LogP contribution in [0.15, 0.2) is 0 Å². The van der Waals surface area contributed by atoms with E-state index >= 15 is 0 Å². The van der Waals surface area contributed by atoms with Gasteiger partial charge in [0.05, 0.1) is 5.60 Å². The van der Waals surface area contributed by atoms with Gasteiger partial charge in [-0.25, -0.2) is 0 Å². The van der Waals surface area contributed by atoms with Gasteiger partial charge in [-0.2, -0.15) is 0 Å². The van der Waals surface area contributed by atoms with Crippen LogP contribution in [0.25, 0.3) is 0 Å². The van der Waals surface area contributed by atoms with Crippen LogP contribution in [0.5, 0.6) is 0 Å². The summed E-state index contributed by atoms with van der Waals surface area (Å²) in [6.45, 7) is 12.0. The Morgan fingerprint density at radius 1 is 1.05 bits per heavy atom. The third kappa shape index (κ3) is 6.32. The number of hydrogen-bond acceptors (Lipinski definition) is 4. The number of hydrogen-bond donors (Lipinski definition) is 2. The predicted molar refractivity (Wildman–Crippen MR) is 84.5 cm³/mol. The van der Waals surface area contributed by atoms with E-state index in [1.54, 1.807) is 0 Å². The highest BCUT2D eigenvalue weighted by Gasteiger charge is 2.33. The van der Waals surface area contributed by atoms with E-state index in [2.05, 4.69) is 30.6 Å². The van der Waals surface area contributed by atoms with Crippen LogP contribution in [0.4, 0.5) is 0 Å². The Morgan fingerprint density at radius 2 is 1.52 bits per heavy atom. The quantitative estimate of drug-likeness (QED) is 0.761. The van der Waals surface area contributed by atoms with Crippen molar-refractivity contribution < 1.29 is 15.0 Å². The van der Waals surface area contributed by atoms with Gasteiger partial charge in [0.1, 0.15) is 0 Å². The van der Waals surface area contributed by atoms with E-state index in [9.17, 15) is 5.11 Å². The molecule has 0 aromatic rings. The van der Waals surface area contributed by atoms with Crippen LogP contribution in [0.2, 0.25) is 0 Å². The average Bonchev–Trinajstić information content (AvgIpc) is 2.39. The van der Waals surface area contributed by atoms with Crippen LogP contribution < -0.4 is 0 Å². The number of piperazine rings is 1. The van der Waals surface area contributed by atoms with Crippen LogP contribution in [0.3, 0.4) is 0 Å². The van der Waals surface area contributed by atoms with Crippen molar-refractivity contribution in [3.8, 4) is 0 Å². The van der Waals surface area contributed by atoms with Gasteiger partial charge in [-0.3, -0.25) is 14.6 Å². The first-order chi connectivity index (χ1) is 9.80. The molecule has 124 valence electrons. The van der Waals surface area contributed by atoms with Crippen molar-refractivity contribution in [2.24, 2.45) is 0 Å². The molecule has 1 saturated carbocycles. The molecule has 0 aromatic carbocycles. The van der Waals surface area contributed by atoms with Gasteiger partial charge >= 0.3 is 0 Å². The fourth-order valence-electron chi connectivity index (χ4n) is 3.36. The highest BCUT2D eigenvalue weighted by molar-refractivity contribution is 5.32. The Morgan fingerprint density at radius 3 is 1.95 bits per heavy atom. The molecule has 21 heavy (non-hydrogen) atoms. The Hall–Kier alpha value is -0.650. The Kier molecular flexibility index (Phi) is 7.10. The Balaban J connectivity index is 0.000000677. The number of nitrogens with zero attached hydrogens (tertiary/aromatic N) is 2. The molecular formula is C16H32N2O3. The number of aliphatic hydroxyl groups is 1. The molecule has 1 aliphatic heterocycles. The van der Waals surface area contributed by atoms with Gasteiger partial charge in [0, 0.05) is 38.3 Å².